The number of thiazole rings is 1. The average Bonchev–Trinajstić information content (AvgIpc) is 3.09. The molecule has 0 spiro atoms. The van der Waals surface area contributed by atoms with E-state index in [1.54, 1.807) is 0 Å². The number of nitrogens with zero attached hydrogens (tertiary/aromatic N) is 2. The van der Waals surface area contributed by atoms with Gasteiger partial charge in [0.25, 0.3) is 0 Å². The van der Waals surface area contributed by atoms with Crippen molar-refractivity contribution in [2.75, 3.05) is 23.7 Å². The first-order valence-electron chi connectivity index (χ1n) is 10.0. The lowest BCUT2D eigenvalue weighted by molar-refractivity contribution is -0.117. The van der Waals surface area contributed by atoms with Crippen LogP contribution >= 0.6 is 11.3 Å². The van der Waals surface area contributed by atoms with Crippen LogP contribution in [0.2, 0.25) is 0 Å². The summed E-state index contributed by atoms with van der Waals surface area (Å²) in [5, 5.41) is 11.4. The lowest BCUT2D eigenvalue weighted by Crippen LogP contribution is -2.36. The van der Waals surface area contributed by atoms with Gasteiger partial charge in [-0.05, 0) is 25.3 Å². The van der Waals surface area contributed by atoms with E-state index >= 15 is 0 Å². The number of carbonyl (C=O) groups excluding carboxylic acids is 2. The maximum atomic E-state index is 12.7. The molecule has 1 aromatic heterocycles. The summed E-state index contributed by atoms with van der Waals surface area (Å²) in [4.78, 5) is 32.3. The summed E-state index contributed by atoms with van der Waals surface area (Å²) in [5.74, 6) is -0.0334. The van der Waals surface area contributed by atoms with E-state index in [1.165, 1.54) is 11.3 Å². The van der Waals surface area contributed by atoms with E-state index in [0.717, 1.165) is 40.0 Å². The second kappa shape index (κ2) is 8.81. The van der Waals surface area contributed by atoms with Gasteiger partial charge in [0, 0.05) is 41.5 Å². The number of amides is 3. The molecule has 4 rings (SSSR count). The van der Waals surface area contributed by atoms with E-state index in [0.29, 0.717) is 18.2 Å². The maximum absolute atomic E-state index is 12.7. The Labute approximate surface area is 179 Å². The molecular weight excluding hydrogens is 398 g/mol. The summed E-state index contributed by atoms with van der Waals surface area (Å²) in [5.41, 5.74) is 1.83. The van der Waals surface area contributed by atoms with E-state index in [9.17, 15) is 9.59 Å². The van der Waals surface area contributed by atoms with Gasteiger partial charge in [0.2, 0.25) is 5.91 Å². The zero-order valence-corrected chi connectivity index (χ0v) is 17.9. The minimum Gasteiger partial charge on any atom is -0.336 e. The molecule has 0 aliphatic carbocycles. The van der Waals surface area contributed by atoms with Crippen molar-refractivity contribution in [2.45, 2.75) is 32.9 Å². The number of fused-ring (bicyclic) bond motifs is 2. The van der Waals surface area contributed by atoms with Crippen molar-refractivity contribution < 1.29 is 9.59 Å². The molecule has 30 heavy (non-hydrogen) atoms. The van der Waals surface area contributed by atoms with Crippen LogP contribution in [-0.4, -0.2) is 41.0 Å². The smallest absolute Gasteiger partial charge is 0.321 e. The fourth-order valence-electron chi connectivity index (χ4n) is 3.56. The van der Waals surface area contributed by atoms with Crippen LogP contribution in [0, 0.1) is 0 Å². The van der Waals surface area contributed by atoms with E-state index < -0.39 is 0 Å². The molecule has 3 aromatic rings. The fourth-order valence-corrected chi connectivity index (χ4v) is 4.61. The first-order chi connectivity index (χ1) is 14.5. The average molecular weight is 424 g/mol. The van der Waals surface area contributed by atoms with Gasteiger partial charge in [-0.15, -0.1) is 11.3 Å². The molecule has 2 heterocycles. The summed E-state index contributed by atoms with van der Waals surface area (Å²) < 4.78 is 0. The third-order valence-corrected chi connectivity index (χ3v) is 5.88. The standard InChI is InChI=1S/C22H25N5O2S/c1-14(2)23-21(29)26-22-25-18-10-11-27(12-19(18)30-22)13-20(28)24-17-9-5-7-15-6-3-4-8-16(15)17/h3-9,14H,10-13H2,1-2H3,(H,24,28)(H2,23,25,26,29). The summed E-state index contributed by atoms with van der Waals surface area (Å²) in [6.07, 6.45) is 0.765. The van der Waals surface area contributed by atoms with Crippen LogP contribution < -0.4 is 16.0 Å². The number of carbonyl (C=O) groups is 2. The number of anilines is 2. The van der Waals surface area contributed by atoms with Crippen molar-refractivity contribution in [3.63, 3.8) is 0 Å². The van der Waals surface area contributed by atoms with Gasteiger partial charge >= 0.3 is 6.03 Å². The van der Waals surface area contributed by atoms with Crippen LogP contribution in [0.1, 0.15) is 24.4 Å². The second-order valence-electron chi connectivity index (χ2n) is 7.68. The van der Waals surface area contributed by atoms with E-state index in [2.05, 4.69) is 25.8 Å². The number of urea groups is 1. The van der Waals surface area contributed by atoms with Gasteiger partial charge in [-0.2, -0.15) is 0 Å². The first kappa shape index (κ1) is 20.3. The van der Waals surface area contributed by atoms with E-state index in [4.69, 9.17) is 0 Å². The van der Waals surface area contributed by atoms with Crippen LogP contribution in [-0.2, 0) is 17.8 Å². The monoisotopic (exact) mass is 423 g/mol. The Kier molecular flexibility index (Phi) is 5.96. The second-order valence-corrected chi connectivity index (χ2v) is 8.76. The predicted octanol–water partition coefficient (Wildman–Crippen LogP) is 3.82. The molecule has 1 aliphatic rings. The third kappa shape index (κ3) is 4.77. The molecule has 0 saturated carbocycles. The van der Waals surface area contributed by atoms with Crippen molar-refractivity contribution in [3.8, 4) is 0 Å². The summed E-state index contributed by atoms with van der Waals surface area (Å²) in [7, 11) is 0. The number of benzene rings is 2. The van der Waals surface area contributed by atoms with Gasteiger partial charge in [0.15, 0.2) is 5.13 Å². The van der Waals surface area contributed by atoms with Crippen LogP contribution in [0.3, 0.4) is 0 Å². The Morgan fingerprint density at radius 2 is 1.93 bits per heavy atom. The summed E-state index contributed by atoms with van der Waals surface area (Å²) in [6.45, 7) is 5.55. The molecule has 0 unspecified atom stereocenters. The van der Waals surface area contributed by atoms with Gasteiger partial charge in [-0.1, -0.05) is 36.4 Å². The summed E-state index contributed by atoms with van der Waals surface area (Å²) >= 11 is 1.47. The van der Waals surface area contributed by atoms with Gasteiger partial charge in [0.05, 0.1) is 12.2 Å². The Morgan fingerprint density at radius 3 is 2.77 bits per heavy atom. The van der Waals surface area contributed by atoms with E-state index in [1.807, 2.05) is 56.3 Å². The molecule has 7 nitrogen and oxygen atoms in total. The Balaban J connectivity index is 1.37. The van der Waals surface area contributed by atoms with Crippen LogP contribution in [0.15, 0.2) is 42.5 Å². The van der Waals surface area contributed by atoms with Crippen molar-refractivity contribution in [1.29, 1.82) is 0 Å². The highest BCUT2D eigenvalue weighted by Crippen LogP contribution is 2.28. The quantitative estimate of drug-likeness (QED) is 0.582. The van der Waals surface area contributed by atoms with Gasteiger partial charge < -0.3 is 10.6 Å². The molecule has 0 radical (unpaired) electrons. The van der Waals surface area contributed by atoms with Crippen LogP contribution in [0.25, 0.3) is 10.8 Å². The highest BCUT2D eigenvalue weighted by Gasteiger charge is 2.23. The zero-order chi connectivity index (χ0) is 21.1. The fraction of sp³-hybridized carbons (Fsp3) is 0.318. The molecule has 3 amide bonds. The number of aromatic nitrogens is 1. The molecule has 0 saturated heterocycles. The van der Waals surface area contributed by atoms with Crippen molar-refractivity contribution in [2.24, 2.45) is 0 Å². The SMILES string of the molecule is CC(C)NC(=O)Nc1nc2c(s1)CN(CC(=O)Nc1cccc3ccccc13)CC2. The lowest BCUT2D eigenvalue weighted by Gasteiger charge is -2.25. The molecule has 2 aromatic carbocycles. The highest BCUT2D eigenvalue weighted by molar-refractivity contribution is 7.15. The topological polar surface area (TPSA) is 86.4 Å². The molecule has 3 N–H and O–H groups in total. The predicted molar refractivity (Wildman–Crippen MR) is 121 cm³/mol. The molecule has 8 heteroatoms. The number of rotatable bonds is 5. The number of nitrogens with one attached hydrogen (secondary N) is 3. The Bertz CT molecular complexity index is 1070. The normalized spacial score (nSPS) is 13.8. The van der Waals surface area contributed by atoms with Crippen molar-refractivity contribution >= 4 is 44.9 Å². The molecule has 0 atom stereocenters. The van der Waals surface area contributed by atoms with Gasteiger partial charge in [-0.3, -0.25) is 15.0 Å². The largest absolute Gasteiger partial charge is 0.336 e. The van der Waals surface area contributed by atoms with Crippen LogP contribution in [0.5, 0.6) is 0 Å². The summed E-state index contributed by atoms with van der Waals surface area (Å²) in [6, 6.07) is 13.7. The van der Waals surface area contributed by atoms with Crippen LogP contribution in [0.4, 0.5) is 15.6 Å². The van der Waals surface area contributed by atoms with Crippen molar-refractivity contribution in [3.05, 3.63) is 53.0 Å². The third-order valence-electron chi connectivity index (χ3n) is 4.88. The molecular formula is C22H25N5O2S. The molecule has 0 fully saturated rings. The highest BCUT2D eigenvalue weighted by atomic mass is 32.1. The number of hydrogen-bond acceptors (Lipinski definition) is 5. The minimum atomic E-state index is -0.248. The zero-order valence-electron chi connectivity index (χ0n) is 17.1. The van der Waals surface area contributed by atoms with Gasteiger partial charge in [-0.25, -0.2) is 9.78 Å². The van der Waals surface area contributed by atoms with E-state index in [-0.39, 0.29) is 18.0 Å². The molecule has 1 aliphatic heterocycles. The van der Waals surface area contributed by atoms with Gasteiger partial charge in [0.1, 0.15) is 0 Å². The Hall–Kier alpha value is -2.97. The Morgan fingerprint density at radius 1 is 1.13 bits per heavy atom. The van der Waals surface area contributed by atoms with Crippen molar-refractivity contribution in [1.82, 2.24) is 15.2 Å². The number of hydrogen-bond donors (Lipinski definition) is 3. The maximum Gasteiger partial charge on any atom is 0.321 e. The minimum absolute atomic E-state index is 0.0334. The molecule has 156 valence electrons. The molecule has 0 bridgehead atoms. The lowest BCUT2D eigenvalue weighted by atomic mass is 10.1. The first-order valence-corrected chi connectivity index (χ1v) is 10.9.